The van der Waals surface area contributed by atoms with Crippen LogP contribution in [0.5, 0.6) is 0 Å². The fourth-order valence-corrected chi connectivity index (χ4v) is 1.76. The molecule has 4 nitrogen and oxygen atoms in total. The largest absolute Gasteiger partial charge is 0.478 e. The molecule has 0 bridgehead atoms. The summed E-state index contributed by atoms with van der Waals surface area (Å²) in [7, 11) is 1.75. The summed E-state index contributed by atoms with van der Waals surface area (Å²) in [5.74, 6) is -1.08. The molecule has 1 amide bonds. The van der Waals surface area contributed by atoms with E-state index in [1.54, 1.807) is 24.1 Å². The van der Waals surface area contributed by atoms with Gasteiger partial charge in [0, 0.05) is 19.2 Å². The zero-order chi connectivity index (χ0) is 13.9. The monoisotopic (exact) mass is 249 g/mol. The first-order valence-electron chi connectivity index (χ1n) is 5.79. The summed E-state index contributed by atoms with van der Waals surface area (Å²) in [6.45, 7) is 6.82. The molecule has 0 spiro atoms. The van der Waals surface area contributed by atoms with Crippen molar-refractivity contribution in [2.75, 3.05) is 13.6 Å². The number of carboxylic acids is 1. The number of amides is 1. The van der Waals surface area contributed by atoms with Crippen LogP contribution in [0.4, 0.5) is 0 Å². The second kappa shape index (κ2) is 5.21. The predicted molar refractivity (Wildman–Crippen MR) is 69.8 cm³/mol. The molecule has 4 heteroatoms. The molecule has 0 aliphatic rings. The molecule has 0 saturated heterocycles. The number of aromatic carboxylic acids is 1. The Bertz CT molecular complexity index is 443. The normalized spacial score (nSPS) is 11.1. The van der Waals surface area contributed by atoms with Crippen molar-refractivity contribution in [3.8, 4) is 0 Å². The maximum Gasteiger partial charge on any atom is 0.335 e. The minimum absolute atomic E-state index is 0.0331. The highest BCUT2D eigenvalue weighted by molar-refractivity contribution is 5.95. The molecular weight excluding hydrogens is 230 g/mol. The van der Waals surface area contributed by atoms with E-state index in [1.165, 1.54) is 12.1 Å². The molecule has 0 aromatic heterocycles. The van der Waals surface area contributed by atoms with Gasteiger partial charge < -0.3 is 10.0 Å². The number of carbonyl (C=O) groups is 2. The molecule has 0 fully saturated rings. The zero-order valence-corrected chi connectivity index (χ0v) is 11.2. The summed E-state index contributed by atoms with van der Waals surface area (Å²) in [5, 5.41) is 8.78. The Balaban J connectivity index is 2.81. The molecule has 0 aliphatic heterocycles. The number of benzene rings is 1. The Morgan fingerprint density at radius 2 is 1.56 bits per heavy atom. The van der Waals surface area contributed by atoms with Crippen LogP contribution in [-0.4, -0.2) is 35.5 Å². The van der Waals surface area contributed by atoms with E-state index in [2.05, 4.69) is 20.8 Å². The highest BCUT2D eigenvalue weighted by Gasteiger charge is 2.18. The van der Waals surface area contributed by atoms with Gasteiger partial charge in [0.1, 0.15) is 0 Å². The topological polar surface area (TPSA) is 57.6 Å². The Morgan fingerprint density at radius 3 is 1.94 bits per heavy atom. The molecule has 1 aromatic rings. The number of hydrogen-bond donors (Lipinski definition) is 1. The van der Waals surface area contributed by atoms with Crippen molar-refractivity contribution in [3.05, 3.63) is 35.4 Å². The van der Waals surface area contributed by atoms with Crippen molar-refractivity contribution in [1.82, 2.24) is 4.90 Å². The lowest BCUT2D eigenvalue weighted by Crippen LogP contribution is -2.34. The van der Waals surface area contributed by atoms with Gasteiger partial charge in [-0.15, -0.1) is 0 Å². The van der Waals surface area contributed by atoms with Gasteiger partial charge in [-0.3, -0.25) is 4.79 Å². The fraction of sp³-hybridized carbons (Fsp3) is 0.429. The molecular formula is C14H19NO3. The van der Waals surface area contributed by atoms with Crippen molar-refractivity contribution in [1.29, 1.82) is 0 Å². The van der Waals surface area contributed by atoms with Gasteiger partial charge in [-0.2, -0.15) is 0 Å². The predicted octanol–water partition coefficient (Wildman–Crippen LogP) is 2.50. The molecule has 98 valence electrons. The van der Waals surface area contributed by atoms with Crippen LogP contribution in [0, 0.1) is 5.41 Å². The fourth-order valence-electron chi connectivity index (χ4n) is 1.76. The molecule has 0 atom stereocenters. The number of carboxylic acid groups (broad SMARTS) is 1. The molecule has 0 radical (unpaired) electrons. The molecule has 1 rings (SSSR count). The van der Waals surface area contributed by atoms with Gasteiger partial charge in [-0.05, 0) is 29.7 Å². The summed E-state index contributed by atoms with van der Waals surface area (Å²) >= 11 is 0. The minimum Gasteiger partial charge on any atom is -0.478 e. The Kier molecular flexibility index (Phi) is 4.11. The second-order valence-corrected chi connectivity index (χ2v) is 5.60. The minimum atomic E-state index is -0.989. The van der Waals surface area contributed by atoms with E-state index in [1.807, 2.05) is 0 Å². The van der Waals surface area contributed by atoms with Crippen molar-refractivity contribution >= 4 is 11.9 Å². The molecule has 18 heavy (non-hydrogen) atoms. The summed E-state index contributed by atoms with van der Waals surface area (Å²) in [5.41, 5.74) is 0.725. The van der Waals surface area contributed by atoms with Crippen molar-refractivity contribution < 1.29 is 14.7 Å². The van der Waals surface area contributed by atoms with Gasteiger partial charge in [-0.25, -0.2) is 4.79 Å². The summed E-state index contributed by atoms with van der Waals surface area (Å²) in [4.78, 5) is 24.4. The van der Waals surface area contributed by atoms with Crippen molar-refractivity contribution in [2.24, 2.45) is 5.41 Å². The number of nitrogens with zero attached hydrogens (tertiary/aromatic N) is 1. The van der Waals surface area contributed by atoms with Crippen LogP contribution in [0.25, 0.3) is 0 Å². The maximum absolute atomic E-state index is 12.1. The Labute approximate surface area is 107 Å². The van der Waals surface area contributed by atoms with Gasteiger partial charge >= 0.3 is 5.97 Å². The third kappa shape index (κ3) is 3.87. The maximum atomic E-state index is 12.1. The van der Waals surface area contributed by atoms with Crippen LogP contribution in [-0.2, 0) is 0 Å². The van der Waals surface area contributed by atoms with E-state index in [-0.39, 0.29) is 16.9 Å². The van der Waals surface area contributed by atoms with E-state index >= 15 is 0 Å². The van der Waals surface area contributed by atoms with Crippen molar-refractivity contribution in [3.63, 3.8) is 0 Å². The third-order valence-electron chi connectivity index (χ3n) is 2.44. The summed E-state index contributed by atoms with van der Waals surface area (Å²) in [6, 6.07) is 5.98. The van der Waals surface area contributed by atoms with Crippen LogP contribution in [0.2, 0.25) is 0 Å². The van der Waals surface area contributed by atoms with Crippen LogP contribution in [0.1, 0.15) is 41.5 Å². The van der Waals surface area contributed by atoms with Crippen LogP contribution >= 0.6 is 0 Å². The standard InChI is InChI=1S/C14H19NO3/c1-14(2,3)9-15(4)12(16)10-5-7-11(8-6-10)13(17)18/h5-8H,9H2,1-4H3,(H,17,18). The Morgan fingerprint density at radius 1 is 1.11 bits per heavy atom. The molecule has 0 aliphatic carbocycles. The van der Waals surface area contributed by atoms with E-state index in [4.69, 9.17) is 5.11 Å². The average molecular weight is 249 g/mol. The lowest BCUT2D eigenvalue weighted by Gasteiger charge is -2.26. The number of rotatable bonds is 3. The highest BCUT2D eigenvalue weighted by atomic mass is 16.4. The molecule has 0 unspecified atom stereocenters. The van der Waals surface area contributed by atoms with Crippen LogP contribution in [0.3, 0.4) is 0 Å². The van der Waals surface area contributed by atoms with Gasteiger partial charge in [-0.1, -0.05) is 20.8 Å². The smallest absolute Gasteiger partial charge is 0.335 e. The first-order valence-corrected chi connectivity index (χ1v) is 5.79. The first-order chi connectivity index (χ1) is 8.20. The summed E-state index contributed by atoms with van der Waals surface area (Å²) < 4.78 is 0. The van der Waals surface area contributed by atoms with E-state index in [0.717, 1.165) is 0 Å². The first kappa shape index (κ1) is 14.2. The number of hydrogen-bond acceptors (Lipinski definition) is 2. The van der Waals surface area contributed by atoms with E-state index < -0.39 is 5.97 Å². The van der Waals surface area contributed by atoms with Gasteiger partial charge in [0.2, 0.25) is 0 Å². The SMILES string of the molecule is CN(CC(C)(C)C)C(=O)c1ccc(C(=O)O)cc1. The van der Waals surface area contributed by atoms with Crippen LogP contribution < -0.4 is 0 Å². The molecule has 1 aromatic carbocycles. The molecule has 1 N–H and O–H groups in total. The lowest BCUT2D eigenvalue weighted by molar-refractivity contribution is 0.0694. The zero-order valence-electron chi connectivity index (χ0n) is 11.2. The highest BCUT2D eigenvalue weighted by Crippen LogP contribution is 2.16. The van der Waals surface area contributed by atoms with Gasteiger partial charge in [0.25, 0.3) is 5.91 Å². The third-order valence-corrected chi connectivity index (χ3v) is 2.44. The molecule has 0 heterocycles. The number of carbonyl (C=O) groups excluding carboxylic acids is 1. The van der Waals surface area contributed by atoms with E-state index in [0.29, 0.717) is 12.1 Å². The lowest BCUT2D eigenvalue weighted by atomic mass is 9.96. The molecule has 0 saturated carbocycles. The van der Waals surface area contributed by atoms with Gasteiger partial charge in [0.15, 0.2) is 0 Å². The van der Waals surface area contributed by atoms with Crippen LogP contribution in [0.15, 0.2) is 24.3 Å². The Hall–Kier alpha value is -1.84. The summed E-state index contributed by atoms with van der Waals surface area (Å²) in [6.07, 6.45) is 0. The quantitative estimate of drug-likeness (QED) is 0.895. The second-order valence-electron chi connectivity index (χ2n) is 5.60. The van der Waals surface area contributed by atoms with Gasteiger partial charge in [0.05, 0.1) is 5.56 Å². The van der Waals surface area contributed by atoms with E-state index in [9.17, 15) is 9.59 Å². The van der Waals surface area contributed by atoms with Crippen molar-refractivity contribution in [2.45, 2.75) is 20.8 Å². The average Bonchev–Trinajstić information content (AvgIpc) is 2.26.